The van der Waals surface area contributed by atoms with Crippen LogP contribution in [0.5, 0.6) is 23.0 Å². The van der Waals surface area contributed by atoms with Gasteiger partial charge < -0.3 is 47.7 Å². The average Bonchev–Trinajstić information content (AvgIpc) is 3.57. The smallest absolute Gasteiger partial charge is 0.249 e. The zero-order valence-corrected chi connectivity index (χ0v) is 47.3. The van der Waals surface area contributed by atoms with Gasteiger partial charge in [-0.15, -0.1) is 0 Å². The van der Waals surface area contributed by atoms with E-state index in [1.54, 1.807) is 28.4 Å². The van der Waals surface area contributed by atoms with E-state index in [1.807, 2.05) is 143 Å². The van der Waals surface area contributed by atoms with Gasteiger partial charge in [0.05, 0.1) is 79.0 Å². The zero-order chi connectivity index (χ0) is 54.7. The molecule has 420 valence electrons. The summed E-state index contributed by atoms with van der Waals surface area (Å²) >= 11 is 25.2. The van der Waals surface area contributed by atoms with Crippen LogP contribution in [0.25, 0.3) is 0 Å². The van der Waals surface area contributed by atoms with Crippen LogP contribution in [-0.2, 0) is 41.8 Å². The summed E-state index contributed by atoms with van der Waals surface area (Å²) in [5.41, 5.74) is 5.72. The van der Waals surface area contributed by atoms with Crippen molar-refractivity contribution in [2.24, 2.45) is 11.8 Å². The first-order valence-corrected chi connectivity index (χ1v) is 27.9. The number of rotatable bonds is 20. The molecule has 2 aliphatic heterocycles. The summed E-state index contributed by atoms with van der Waals surface area (Å²) < 4.78 is 46.6. The van der Waals surface area contributed by atoms with Gasteiger partial charge in [0.1, 0.15) is 25.4 Å². The molecular weight excluding hydrogens is 1090 g/mol. The van der Waals surface area contributed by atoms with Gasteiger partial charge in [0.25, 0.3) is 0 Å². The average molecular weight is 1160 g/mol. The van der Waals surface area contributed by atoms with Gasteiger partial charge in [0.2, 0.25) is 11.8 Å². The maximum atomic E-state index is 13.6. The van der Waals surface area contributed by atoms with Gasteiger partial charge in [0.15, 0.2) is 23.0 Å². The highest BCUT2D eigenvalue weighted by molar-refractivity contribution is 6.31. The molecule has 6 aromatic rings. The number of hydrogen-bond donors (Lipinski definition) is 0. The Morgan fingerprint density at radius 3 is 1.18 bits per heavy atom. The molecule has 4 fully saturated rings. The second-order valence-electron chi connectivity index (χ2n) is 20.1. The largest absolute Gasteiger partial charge is 0.493 e. The molecule has 0 radical (unpaired) electrons. The number of benzene rings is 6. The van der Waals surface area contributed by atoms with E-state index in [2.05, 4.69) is 0 Å². The molecule has 0 N–H and O–H groups in total. The summed E-state index contributed by atoms with van der Waals surface area (Å²) in [6.45, 7) is 1.62. The Labute approximate surface area is 485 Å². The van der Waals surface area contributed by atoms with E-state index < -0.39 is 0 Å². The maximum Gasteiger partial charge on any atom is 0.249 e. The first kappa shape index (κ1) is 59.6. The van der Waals surface area contributed by atoms with Crippen LogP contribution in [0.15, 0.2) is 133 Å². The normalized spacial score (nSPS) is 20.2. The van der Waals surface area contributed by atoms with E-state index in [9.17, 15) is 9.59 Å². The van der Waals surface area contributed by atoms with E-state index >= 15 is 0 Å². The summed E-state index contributed by atoms with van der Waals surface area (Å²) in [6, 6.07) is 41.3. The third-order valence-electron chi connectivity index (χ3n) is 15.4. The van der Waals surface area contributed by atoms with Gasteiger partial charge in [0, 0.05) is 20.1 Å². The minimum Gasteiger partial charge on any atom is -0.493 e. The fourth-order valence-electron chi connectivity index (χ4n) is 11.0. The number of amides is 2. The molecule has 2 amide bonds. The van der Waals surface area contributed by atoms with Gasteiger partial charge in [-0.25, -0.2) is 0 Å². The summed E-state index contributed by atoms with van der Waals surface area (Å²) in [5.74, 6) is 3.28. The Morgan fingerprint density at radius 2 is 0.848 bits per heavy atom. The third-order valence-corrected chi connectivity index (χ3v) is 16.4. The van der Waals surface area contributed by atoms with Crippen molar-refractivity contribution >= 4 is 58.2 Å². The first-order valence-electron chi connectivity index (χ1n) is 26.4. The van der Waals surface area contributed by atoms with Crippen molar-refractivity contribution in [1.82, 2.24) is 9.80 Å². The topological polar surface area (TPSA) is 114 Å². The van der Waals surface area contributed by atoms with Crippen LogP contribution >= 0.6 is 46.4 Å². The second kappa shape index (κ2) is 28.2. The molecule has 2 heterocycles. The van der Waals surface area contributed by atoms with Crippen molar-refractivity contribution in [2.45, 2.75) is 95.5 Å². The predicted octanol–water partition coefficient (Wildman–Crippen LogP) is 14.7. The van der Waals surface area contributed by atoms with Crippen LogP contribution < -0.4 is 18.9 Å². The molecule has 16 heteroatoms. The van der Waals surface area contributed by atoms with Gasteiger partial charge in [-0.1, -0.05) is 127 Å². The molecule has 4 aliphatic rings. The van der Waals surface area contributed by atoms with Gasteiger partial charge >= 0.3 is 0 Å². The molecule has 10 rings (SSSR count). The Hall–Kier alpha value is -5.54. The number of ether oxygens (including phenoxy) is 8. The third kappa shape index (κ3) is 14.3. The minimum absolute atomic E-state index is 0. The molecule has 6 atom stereocenters. The highest BCUT2D eigenvalue weighted by Crippen LogP contribution is 2.47. The summed E-state index contributed by atoms with van der Waals surface area (Å²) in [5, 5.41) is 2.54. The maximum absolute atomic E-state index is 13.6. The number of carbonyl (C=O) groups is 2. The monoisotopic (exact) mass is 1150 g/mol. The van der Waals surface area contributed by atoms with Crippen molar-refractivity contribution in [3.63, 3.8) is 0 Å². The zero-order valence-electron chi connectivity index (χ0n) is 44.3. The van der Waals surface area contributed by atoms with E-state index in [0.717, 1.165) is 71.9 Å². The highest BCUT2D eigenvalue weighted by atomic mass is 35.5. The number of halogens is 4. The SMILES string of the molecule is C.COc1ccc(COC[C@@H](C2CCC2)N2C(=O)CO[C@H](c3cccc(Cl)c3)[C@H]2c2ccc(Cl)cc2)cc1OC.COc1ccc(COC[C@H](C2CCC2)N2C(=O)CO[C@H](c3cccc(Cl)c3)[C@H]2c2ccc(Cl)cc2)cc1OC. The number of hydrogen-bond acceptors (Lipinski definition) is 10. The lowest BCUT2D eigenvalue weighted by Crippen LogP contribution is -2.55. The Bertz CT molecular complexity index is 2760. The lowest BCUT2D eigenvalue weighted by Gasteiger charge is -2.49. The fraction of sp³-hybridized carbons (Fsp3) is 0.397. The number of carbonyl (C=O) groups excluding carboxylic acids is 2. The number of nitrogens with zero attached hydrogens (tertiary/aromatic N) is 2. The van der Waals surface area contributed by atoms with E-state index in [1.165, 1.54) is 0 Å². The van der Waals surface area contributed by atoms with Crippen LogP contribution in [0.1, 0.15) is 104 Å². The molecule has 0 aromatic heterocycles. The lowest BCUT2D eigenvalue weighted by atomic mass is 9.77. The number of morpholine rings is 2. The van der Waals surface area contributed by atoms with Crippen LogP contribution in [0, 0.1) is 11.8 Å². The van der Waals surface area contributed by atoms with Crippen molar-refractivity contribution in [1.29, 1.82) is 0 Å². The van der Waals surface area contributed by atoms with E-state index in [-0.39, 0.29) is 68.8 Å². The van der Waals surface area contributed by atoms with Crippen LogP contribution in [-0.4, -0.2) is 88.6 Å². The minimum atomic E-state index is -0.379. The van der Waals surface area contributed by atoms with Crippen LogP contribution in [0.3, 0.4) is 0 Å². The lowest BCUT2D eigenvalue weighted by molar-refractivity contribution is -0.170. The molecule has 0 spiro atoms. The molecule has 2 aliphatic carbocycles. The number of methoxy groups -OCH3 is 4. The molecule has 0 bridgehead atoms. The van der Waals surface area contributed by atoms with Crippen molar-refractivity contribution in [3.8, 4) is 23.0 Å². The van der Waals surface area contributed by atoms with Gasteiger partial charge in [-0.05, 0) is 144 Å². The van der Waals surface area contributed by atoms with E-state index in [4.69, 9.17) is 84.3 Å². The molecule has 79 heavy (non-hydrogen) atoms. The molecule has 12 nitrogen and oxygen atoms in total. The quantitative estimate of drug-likeness (QED) is 0.0732. The molecule has 6 aromatic carbocycles. The van der Waals surface area contributed by atoms with Crippen LogP contribution in [0.4, 0.5) is 0 Å². The molecule has 2 saturated heterocycles. The Kier molecular flexibility index (Phi) is 21.3. The highest BCUT2D eigenvalue weighted by Gasteiger charge is 2.47. The van der Waals surface area contributed by atoms with Crippen molar-refractivity contribution in [3.05, 3.63) is 187 Å². The molecule has 2 saturated carbocycles. The Morgan fingerprint density at radius 1 is 0.468 bits per heavy atom. The molecule has 0 unspecified atom stereocenters. The fourth-order valence-corrected chi connectivity index (χ4v) is 11.7. The summed E-state index contributed by atoms with van der Waals surface area (Å²) in [4.78, 5) is 31.3. The second-order valence-corrected chi connectivity index (χ2v) is 21.8. The van der Waals surface area contributed by atoms with Gasteiger partial charge in [-0.3, -0.25) is 9.59 Å². The summed E-state index contributed by atoms with van der Waals surface area (Å²) in [6.07, 6.45) is 5.78. The standard InChI is InChI=1S/2C31H33Cl2NO5.CH4/c2*1-36-27-14-9-20(15-28(27)37-2)17-38-18-26(21-5-3-6-21)34-29(35)19-39-31(23-7-4-8-25(33)16-23)30(34)22-10-12-24(32)13-11-22;/h2*4,7-16,21,26,30-31H,3,5-6,17-19H2,1-2H3;1H4/t26-,30+,31+;26-,30-,31-;/m01./s1. The predicted molar refractivity (Wildman–Crippen MR) is 310 cm³/mol. The van der Waals surface area contributed by atoms with Crippen molar-refractivity contribution in [2.75, 3.05) is 54.9 Å². The van der Waals surface area contributed by atoms with Crippen molar-refractivity contribution < 1.29 is 47.5 Å². The molecular formula is C63H70Cl4N2O10. The summed E-state index contributed by atoms with van der Waals surface area (Å²) in [7, 11) is 6.47. The first-order chi connectivity index (χ1) is 38.0. The van der Waals surface area contributed by atoms with E-state index in [0.29, 0.717) is 81.4 Å². The Balaban J connectivity index is 0.000000205. The van der Waals surface area contributed by atoms with Gasteiger partial charge in [-0.2, -0.15) is 0 Å². The van der Waals surface area contributed by atoms with Crippen LogP contribution in [0.2, 0.25) is 20.1 Å².